The van der Waals surface area contributed by atoms with Crippen molar-refractivity contribution in [1.29, 1.82) is 0 Å². The lowest BCUT2D eigenvalue weighted by atomic mass is 10.1. The van der Waals surface area contributed by atoms with Crippen molar-refractivity contribution in [3.8, 4) is 5.75 Å². The summed E-state index contributed by atoms with van der Waals surface area (Å²) in [6.45, 7) is 6.56. The SMILES string of the molecule is CC(C)CC(=O)N1CCN(C(=O)c2ccc(OC3CCCC3)cc2)CC1. The second-order valence-corrected chi connectivity index (χ2v) is 7.82. The molecule has 0 N–H and O–H groups in total. The van der Waals surface area contributed by atoms with Crippen LogP contribution in [0.5, 0.6) is 5.75 Å². The number of amides is 2. The monoisotopic (exact) mass is 358 g/mol. The molecule has 0 spiro atoms. The van der Waals surface area contributed by atoms with Crippen molar-refractivity contribution >= 4 is 11.8 Å². The Bertz CT molecular complexity index is 613. The van der Waals surface area contributed by atoms with Gasteiger partial charge in [-0.2, -0.15) is 0 Å². The Morgan fingerprint density at radius 3 is 2.15 bits per heavy atom. The van der Waals surface area contributed by atoms with Gasteiger partial charge >= 0.3 is 0 Å². The average molecular weight is 358 g/mol. The summed E-state index contributed by atoms with van der Waals surface area (Å²) in [6, 6.07) is 7.49. The summed E-state index contributed by atoms with van der Waals surface area (Å²) in [6.07, 6.45) is 5.64. The average Bonchev–Trinajstić information content (AvgIpc) is 3.14. The third-order valence-electron chi connectivity index (χ3n) is 5.21. The molecule has 1 saturated heterocycles. The lowest BCUT2D eigenvalue weighted by Crippen LogP contribution is -2.50. The van der Waals surface area contributed by atoms with Crippen LogP contribution in [0.3, 0.4) is 0 Å². The van der Waals surface area contributed by atoms with E-state index in [1.54, 1.807) is 0 Å². The molecule has 3 rings (SSSR count). The predicted octanol–water partition coefficient (Wildman–Crippen LogP) is 3.34. The van der Waals surface area contributed by atoms with E-state index in [1.165, 1.54) is 12.8 Å². The number of hydrogen-bond acceptors (Lipinski definition) is 3. The van der Waals surface area contributed by atoms with E-state index in [0.717, 1.165) is 18.6 Å². The van der Waals surface area contributed by atoms with Gasteiger partial charge in [-0.05, 0) is 55.9 Å². The molecule has 1 heterocycles. The summed E-state index contributed by atoms with van der Waals surface area (Å²) in [4.78, 5) is 28.6. The Hall–Kier alpha value is -2.04. The standard InChI is InChI=1S/C21H30N2O3/c1-16(2)15-20(24)22-11-13-23(14-12-22)21(25)17-7-9-19(10-8-17)26-18-5-3-4-6-18/h7-10,16,18H,3-6,11-15H2,1-2H3. The number of carbonyl (C=O) groups excluding carboxylic acids is 2. The van der Waals surface area contributed by atoms with Gasteiger partial charge in [0.15, 0.2) is 0 Å². The maximum absolute atomic E-state index is 12.7. The quantitative estimate of drug-likeness (QED) is 0.811. The van der Waals surface area contributed by atoms with Crippen LogP contribution < -0.4 is 4.74 Å². The summed E-state index contributed by atoms with van der Waals surface area (Å²) in [7, 11) is 0. The van der Waals surface area contributed by atoms with Gasteiger partial charge in [0.2, 0.25) is 5.91 Å². The molecule has 2 aliphatic rings. The van der Waals surface area contributed by atoms with Crippen LogP contribution in [0, 0.1) is 5.92 Å². The Kier molecular flexibility index (Phi) is 6.17. The van der Waals surface area contributed by atoms with E-state index in [2.05, 4.69) is 13.8 Å². The first kappa shape index (κ1) is 18.7. The minimum Gasteiger partial charge on any atom is -0.490 e. The van der Waals surface area contributed by atoms with E-state index in [-0.39, 0.29) is 11.8 Å². The normalized spacial score (nSPS) is 18.4. The highest BCUT2D eigenvalue weighted by atomic mass is 16.5. The van der Waals surface area contributed by atoms with Crippen molar-refractivity contribution in [2.24, 2.45) is 5.92 Å². The first-order valence-electron chi connectivity index (χ1n) is 9.86. The van der Waals surface area contributed by atoms with E-state index < -0.39 is 0 Å². The molecule has 5 heteroatoms. The maximum atomic E-state index is 12.7. The highest BCUT2D eigenvalue weighted by Gasteiger charge is 2.25. The van der Waals surface area contributed by atoms with Crippen molar-refractivity contribution in [1.82, 2.24) is 9.80 Å². The lowest BCUT2D eigenvalue weighted by molar-refractivity contribution is -0.133. The molecule has 1 aliphatic carbocycles. The third kappa shape index (κ3) is 4.77. The smallest absolute Gasteiger partial charge is 0.253 e. The number of rotatable bonds is 5. The van der Waals surface area contributed by atoms with Gasteiger partial charge in [-0.25, -0.2) is 0 Å². The van der Waals surface area contributed by atoms with Crippen LogP contribution in [-0.2, 0) is 4.79 Å². The zero-order chi connectivity index (χ0) is 18.5. The number of carbonyl (C=O) groups is 2. The van der Waals surface area contributed by atoms with Crippen molar-refractivity contribution in [2.45, 2.75) is 52.1 Å². The molecular weight excluding hydrogens is 328 g/mol. The molecule has 1 saturated carbocycles. The van der Waals surface area contributed by atoms with Crippen molar-refractivity contribution in [3.63, 3.8) is 0 Å². The van der Waals surface area contributed by atoms with Crippen LogP contribution in [-0.4, -0.2) is 53.9 Å². The largest absolute Gasteiger partial charge is 0.490 e. The first-order chi connectivity index (χ1) is 12.5. The second kappa shape index (κ2) is 8.56. The van der Waals surface area contributed by atoms with Crippen LogP contribution in [0.2, 0.25) is 0 Å². The van der Waals surface area contributed by atoms with Gasteiger partial charge in [0, 0.05) is 38.2 Å². The van der Waals surface area contributed by atoms with E-state index in [1.807, 2.05) is 34.1 Å². The van der Waals surface area contributed by atoms with Crippen molar-refractivity contribution < 1.29 is 14.3 Å². The van der Waals surface area contributed by atoms with Gasteiger partial charge in [-0.15, -0.1) is 0 Å². The Morgan fingerprint density at radius 1 is 1.00 bits per heavy atom. The molecule has 26 heavy (non-hydrogen) atoms. The highest BCUT2D eigenvalue weighted by Crippen LogP contribution is 2.24. The fourth-order valence-electron chi connectivity index (χ4n) is 3.69. The molecule has 1 aromatic carbocycles. The summed E-state index contributed by atoms with van der Waals surface area (Å²) in [5.74, 6) is 1.44. The molecule has 0 aromatic heterocycles. The molecule has 1 aromatic rings. The van der Waals surface area contributed by atoms with Gasteiger partial charge in [0.25, 0.3) is 5.91 Å². The van der Waals surface area contributed by atoms with Crippen LogP contribution in [0.15, 0.2) is 24.3 Å². The fourth-order valence-corrected chi connectivity index (χ4v) is 3.69. The molecule has 0 bridgehead atoms. The van der Waals surface area contributed by atoms with E-state index in [9.17, 15) is 9.59 Å². The summed E-state index contributed by atoms with van der Waals surface area (Å²) in [5.41, 5.74) is 0.686. The van der Waals surface area contributed by atoms with Crippen LogP contribution in [0.1, 0.15) is 56.3 Å². The highest BCUT2D eigenvalue weighted by molar-refractivity contribution is 5.94. The van der Waals surface area contributed by atoms with Gasteiger partial charge in [0.1, 0.15) is 5.75 Å². The number of ether oxygens (including phenoxy) is 1. The van der Waals surface area contributed by atoms with Crippen LogP contribution in [0.25, 0.3) is 0 Å². The number of benzene rings is 1. The van der Waals surface area contributed by atoms with Crippen molar-refractivity contribution in [2.75, 3.05) is 26.2 Å². The van der Waals surface area contributed by atoms with Crippen molar-refractivity contribution in [3.05, 3.63) is 29.8 Å². The van der Waals surface area contributed by atoms with Crippen LogP contribution in [0.4, 0.5) is 0 Å². The maximum Gasteiger partial charge on any atom is 0.253 e. The van der Waals surface area contributed by atoms with E-state index in [0.29, 0.717) is 50.2 Å². The zero-order valence-corrected chi connectivity index (χ0v) is 15.9. The van der Waals surface area contributed by atoms with Crippen LogP contribution >= 0.6 is 0 Å². The molecule has 0 atom stereocenters. The minimum absolute atomic E-state index is 0.0355. The van der Waals surface area contributed by atoms with Gasteiger partial charge in [-0.3, -0.25) is 9.59 Å². The molecule has 142 valence electrons. The summed E-state index contributed by atoms with van der Waals surface area (Å²) >= 11 is 0. The molecule has 5 nitrogen and oxygen atoms in total. The molecule has 2 amide bonds. The van der Waals surface area contributed by atoms with Gasteiger partial charge in [-0.1, -0.05) is 13.8 Å². The number of hydrogen-bond donors (Lipinski definition) is 0. The Balaban J connectivity index is 1.51. The predicted molar refractivity (Wildman–Crippen MR) is 101 cm³/mol. The topological polar surface area (TPSA) is 49.9 Å². The zero-order valence-electron chi connectivity index (χ0n) is 15.9. The van der Waals surface area contributed by atoms with E-state index >= 15 is 0 Å². The third-order valence-corrected chi connectivity index (χ3v) is 5.21. The minimum atomic E-state index is 0.0355. The molecule has 0 unspecified atom stereocenters. The summed E-state index contributed by atoms with van der Waals surface area (Å²) in [5, 5.41) is 0. The summed E-state index contributed by atoms with van der Waals surface area (Å²) < 4.78 is 5.96. The van der Waals surface area contributed by atoms with Gasteiger partial charge in [0.05, 0.1) is 6.10 Å². The van der Waals surface area contributed by atoms with E-state index in [4.69, 9.17) is 4.74 Å². The fraction of sp³-hybridized carbons (Fsp3) is 0.619. The number of nitrogens with zero attached hydrogens (tertiary/aromatic N) is 2. The molecule has 1 aliphatic heterocycles. The molecular formula is C21H30N2O3. The lowest BCUT2D eigenvalue weighted by Gasteiger charge is -2.35. The molecule has 0 radical (unpaired) electrons. The first-order valence-corrected chi connectivity index (χ1v) is 9.86. The Morgan fingerprint density at radius 2 is 1.58 bits per heavy atom. The second-order valence-electron chi connectivity index (χ2n) is 7.82. The molecule has 2 fully saturated rings. The number of piperazine rings is 1. The Labute approximate surface area is 156 Å². The van der Waals surface area contributed by atoms with Gasteiger partial charge < -0.3 is 14.5 Å².